The number of carbonyl (C=O) groups is 1. The monoisotopic (exact) mass is 336 g/mol. The second-order valence-electron chi connectivity index (χ2n) is 5.87. The average molecular weight is 336 g/mol. The van der Waals surface area contributed by atoms with Crippen LogP contribution in [-0.4, -0.2) is 30.2 Å². The van der Waals surface area contributed by atoms with E-state index in [1.54, 1.807) is 0 Å². The van der Waals surface area contributed by atoms with E-state index in [0.717, 1.165) is 25.7 Å². The summed E-state index contributed by atoms with van der Waals surface area (Å²) >= 11 is 0. The van der Waals surface area contributed by atoms with Crippen LogP contribution in [0.25, 0.3) is 11.2 Å². The molecule has 132 valence electrons. The van der Waals surface area contributed by atoms with Gasteiger partial charge in [-0.05, 0) is 12.8 Å². The van der Waals surface area contributed by atoms with E-state index in [2.05, 4.69) is 9.97 Å². The van der Waals surface area contributed by atoms with Gasteiger partial charge >= 0.3 is 11.7 Å². The molecule has 8 nitrogen and oxygen atoms in total. The summed E-state index contributed by atoms with van der Waals surface area (Å²) in [6.45, 7) is 4.89. The van der Waals surface area contributed by atoms with Gasteiger partial charge in [0.25, 0.3) is 5.56 Å². The zero-order valence-corrected chi connectivity index (χ0v) is 14.2. The second-order valence-corrected chi connectivity index (χ2v) is 5.87. The molecule has 2 aromatic heterocycles. The molecule has 2 aromatic rings. The lowest BCUT2D eigenvalue weighted by Crippen LogP contribution is -2.40. The normalized spacial score (nSPS) is 11.2. The smallest absolute Gasteiger partial charge is 0.332 e. The zero-order chi connectivity index (χ0) is 17.7. The van der Waals surface area contributed by atoms with Crippen LogP contribution in [0, 0.1) is 0 Å². The van der Waals surface area contributed by atoms with E-state index >= 15 is 0 Å². The maximum atomic E-state index is 12.7. The number of fused-ring (bicyclic) bond motifs is 1. The minimum atomic E-state index is -0.931. The van der Waals surface area contributed by atoms with Gasteiger partial charge in [0, 0.05) is 19.5 Å². The fourth-order valence-corrected chi connectivity index (χ4v) is 2.59. The van der Waals surface area contributed by atoms with Crippen LogP contribution in [0.1, 0.15) is 51.8 Å². The van der Waals surface area contributed by atoms with Crippen molar-refractivity contribution in [2.75, 3.05) is 0 Å². The molecule has 2 heterocycles. The molecule has 0 aromatic carbocycles. The van der Waals surface area contributed by atoms with Crippen molar-refractivity contribution in [3.8, 4) is 0 Å². The first kappa shape index (κ1) is 18.0. The van der Waals surface area contributed by atoms with Crippen molar-refractivity contribution in [1.82, 2.24) is 19.1 Å². The fourth-order valence-electron chi connectivity index (χ4n) is 2.59. The summed E-state index contributed by atoms with van der Waals surface area (Å²) in [6.07, 6.45) is 3.46. The van der Waals surface area contributed by atoms with Crippen LogP contribution < -0.4 is 11.2 Å². The van der Waals surface area contributed by atoms with E-state index in [-0.39, 0.29) is 29.6 Å². The Balaban J connectivity index is 2.57. The summed E-state index contributed by atoms with van der Waals surface area (Å²) < 4.78 is 2.78. The number of aromatic amines is 1. The van der Waals surface area contributed by atoms with Crippen molar-refractivity contribution in [3.05, 3.63) is 26.7 Å². The molecule has 24 heavy (non-hydrogen) atoms. The van der Waals surface area contributed by atoms with Crippen LogP contribution in [0.2, 0.25) is 0 Å². The van der Waals surface area contributed by atoms with E-state index in [1.807, 2.05) is 13.8 Å². The number of aromatic nitrogens is 4. The summed E-state index contributed by atoms with van der Waals surface area (Å²) in [5.41, 5.74) is -0.121. The molecular weight excluding hydrogens is 312 g/mol. The Morgan fingerprint density at radius 3 is 2.33 bits per heavy atom. The lowest BCUT2D eigenvalue weighted by molar-refractivity contribution is -0.137. The third-order valence-corrected chi connectivity index (χ3v) is 3.96. The van der Waals surface area contributed by atoms with Crippen LogP contribution >= 0.6 is 0 Å². The van der Waals surface area contributed by atoms with Gasteiger partial charge in [0.05, 0.1) is 6.42 Å². The van der Waals surface area contributed by atoms with Crippen molar-refractivity contribution in [3.63, 3.8) is 0 Å². The molecule has 0 saturated carbocycles. The molecule has 2 N–H and O–H groups in total. The minimum absolute atomic E-state index is 0.0803. The molecule has 0 unspecified atom stereocenters. The van der Waals surface area contributed by atoms with Gasteiger partial charge < -0.3 is 10.1 Å². The van der Waals surface area contributed by atoms with Crippen LogP contribution in [0.4, 0.5) is 0 Å². The van der Waals surface area contributed by atoms with Crippen molar-refractivity contribution in [2.45, 2.75) is 65.5 Å². The van der Waals surface area contributed by atoms with Crippen LogP contribution in [0.3, 0.4) is 0 Å². The summed E-state index contributed by atoms with van der Waals surface area (Å²) in [5, 5.41) is 8.80. The molecular formula is C16H24N4O4. The first-order valence-corrected chi connectivity index (χ1v) is 8.43. The summed E-state index contributed by atoms with van der Waals surface area (Å²) in [7, 11) is 0. The van der Waals surface area contributed by atoms with E-state index in [4.69, 9.17) is 5.11 Å². The van der Waals surface area contributed by atoms with Gasteiger partial charge in [0.2, 0.25) is 0 Å². The molecule has 0 aliphatic rings. The quantitative estimate of drug-likeness (QED) is 0.721. The van der Waals surface area contributed by atoms with Crippen LogP contribution in [-0.2, 0) is 24.3 Å². The van der Waals surface area contributed by atoms with Crippen molar-refractivity contribution in [1.29, 1.82) is 0 Å². The lowest BCUT2D eigenvalue weighted by Gasteiger charge is -2.10. The Kier molecular flexibility index (Phi) is 5.94. The number of carboxylic acids is 1. The number of rotatable bonds is 9. The maximum Gasteiger partial charge on any atom is 0.332 e. The van der Waals surface area contributed by atoms with Crippen molar-refractivity contribution >= 4 is 17.1 Å². The molecule has 0 bridgehead atoms. The van der Waals surface area contributed by atoms with E-state index < -0.39 is 5.97 Å². The Bertz CT molecular complexity index is 831. The fraction of sp³-hybridized carbons (Fsp3) is 0.625. The largest absolute Gasteiger partial charge is 0.481 e. The van der Waals surface area contributed by atoms with Gasteiger partial charge in [-0.15, -0.1) is 0 Å². The third kappa shape index (κ3) is 3.74. The lowest BCUT2D eigenvalue weighted by atomic mass is 10.3. The highest BCUT2D eigenvalue weighted by atomic mass is 16.4. The number of aliphatic carboxylic acids is 1. The molecule has 0 radical (unpaired) electrons. The number of carboxylic acid groups (broad SMARTS) is 1. The molecule has 0 amide bonds. The molecule has 0 aliphatic carbocycles. The van der Waals surface area contributed by atoms with Crippen LogP contribution in [0.15, 0.2) is 9.59 Å². The predicted molar refractivity (Wildman–Crippen MR) is 90.4 cm³/mol. The minimum Gasteiger partial charge on any atom is -0.481 e. The molecule has 0 spiro atoms. The second kappa shape index (κ2) is 7.94. The van der Waals surface area contributed by atoms with Crippen LogP contribution in [0.5, 0.6) is 0 Å². The number of nitrogens with zero attached hydrogens (tertiary/aromatic N) is 3. The number of hydrogen-bond donors (Lipinski definition) is 2. The van der Waals surface area contributed by atoms with E-state index in [0.29, 0.717) is 24.6 Å². The maximum absolute atomic E-state index is 12.7. The average Bonchev–Trinajstić information content (AvgIpc) is 2.97. The Morgan fingerprint density at radius 1 is 1.12 bits per heavy atom. The highest BCUT2D eigenvalue weighted by Crippen LogP contribution is 2.09. The Labute approximate surface area is 139 Å². The summed E-state index contributed by atoms with van der Waals surface area (Å²) in [5.74, 6) is -0.512. The summed E-state index contributed by atoms with van der Waals surface area (Å²) in [6, 6.07) is 0. The predicted octanol–water partition coefficient (Wildman–Crippen LogP) is 1.50. The third-order valence-electron chi connectivity index (χ3n) is 3.96. The van der Waals surface area contributed by atoms with E-state index in [1.165, 1.54) is 9.13 Å². The first-order valence-electron chi connectivity index (χ1n) is 8.43. The van der Waals surface area contributed by atoms with Gasteiger partial charge in [0.15, 0.2) is 5.65 Å². The first-order chi connectivity index (χ1) is 11.5. The van der Waals surface area contributed by atoms with Gasteiger partial charge in [-0.25, -0.2) is 9.78 Å². The topological polar surface area (TPSA) is 110 Å². The molecule has 0 fully saturated rings. The molecule has 8 heteroatoms. The molecule has 0 aliphatic heterocycles. The highest BCUT2D eigenvalue weighted by molar-refractivity contribution is 5.70. The van der Waals surface area contributed by atoms with Gasteiger partial charge in [0.1, 0.15) is 11.3 Å². The van der Waals surface area contributed by atoms with Gasteiger partial charge in [-0.2, -0.15) is 0 Å². The SMILES string of the molecule is CCCCn1c(=O)c2[nH]c(CCC(=O)O)nc2n(CCCC)c1=O. The molecule has 0 saturated heterocycles. The zero-order valence-electron chi connectivity index (χ0n) is 14.2. The number of imidazole rings is 1. The Hall–Kier alpha value is -2.38. The van der Waals surface area contributed by atoms with Crippen molar-refractivity contribution in [2.24, 2.45) is 0 Å². The van der Waals surface area contributed by atoms with Gasteiger partial charge in [-0.3, -0.25) is 18.7 Å². The number of nitrogens with one attached hydrogen (secondary N) is 1. The number of aryl methyl sites for hydroxylation is 2. The number of H-pyrrole nitrogens is 1. The van der Waals surface area contributed by atoms with Crippen molar-refractivity contribution < 1.29 is 9.90 Å². The number of hydrogen-bond acceptors (Lipinski definition) is 4. The highest BCUT2D eigenvalue weighted by Gasteiger charge is 2.17. The molecule has 2 rings (SSSR count). The standard InChI is InChI=1S/C16H24N4O4/c1-3-5-9-19-14-13(17-11(18-14)7-8-12(21)22)15(23)20(16(19)24)10-6-4-2/h3-10H2,1-2H3,(H,17,18)(H,21,22). The van der Waals surface area contributed by atoms with Gasteiger partial charge in [-0.1, -0.05) is 26.7 Å². The van der Waals surface area contributed by atoms with E-state index in [9.17, 15) is 14.4 Å². The molecule has 0 atom stereocenters. The summed E-state index contributed by atoms with van der Waals surface area (Å²) in [4.78, 5) is 43.2. The number of unbranched alkanes of at least 4 members (excludes halogenated alkanes) is 2. The Morgan fingerprint density at radius 2 is 1.75 bits per heavy atom.